The van der Waals surface area contributed by atoms with Crippen LogP contribution in [-0.2, 0) is 11.2 Å². The van der Waals surface area contributed by atoms with Crippen LogP contribution in [-0.4, -0.2) is 39.1 Å². The molecule has 7 nitrogen and oxygen atoms in total. The van der Waals surface area contributed by atoms with Gasteiger partial charge < -0.3 is 19.4 Å². The Kier molecular flexibility index (Phi) is 5.39. The number of thiophene rings is 1. The fraction of sp³-hybridized carbons (Fsp3) is 0.381. The Morgan fingerprint density at radius 1 is 1.27 bits per heavy atom. The predicted molar refractivity (Wildman–Crippen MR) is 117 cm³/mol. The topological polar surface area (TPSA) is 78.3 Å². The van der Waals surface area contributed by atoms with Crippen LogP contribution in [0.1, 0.15) is 36.5 Å². The molecule has 0 spiro atoms. The van der Waals surface area contributed by atoms with Crippen molar-refractivity contribution >= 4 is 34.7 Å². The summed E-state index contributed by atoms with van der Waals surface area (Å²) in [7, 11) is 0. The van der Waals surface area contributed by atoms with Crippen LogP contribution in [0.3, 0.4) is 0 Å². The molecule has 1 aliphatic carbocycles. The van der Waals surface area contributed by atoms with Gasteiger partial charge in [-0.25, -0.2) is 0 Å². The number of hydrogen-bond donors (Lipinski definition) is 1. The van der Waals surface area contributed by atoms with Crippen molar-refractivity contribution in [2.24, 2.45) is 0 Å². The van der Waals surface area contributed by atoms with Gasteiger partial charge in [0, 0.05) is 29.1 Å². The summed E-state index contributed by atoms with van der Waals surface area (Å²) < 4.78 is 13.3. The smallest absolute Gasteiger partial charge is 0.237 e. The van der Waals surface area contributed by atoms with Gasteiger partial charge in [-0.1, -0.05) is 17.8 Å². The molecule has 0 unspecified atom stereocenters. The van der Waals surface area contributed by atoms with Crippen LogP contribution < -0.4 is 14.8 Å². The average Bonchev–Trinajstić information content (AvgIpc) is 3.31. The van der Waals surface area contributed by atoms with Crippen LogP contribution in [0.2, 0.25) is 0 Å². The number of carbonyl (C=O) groups is 1. The van der Waals surface area contributed by atoms with E-state index >= 15 is 0 Å². The lowest BCUT2D eigenvalue weighted by atomic mass is 10.2. The van der Waals surface area contributed by atoms with Gasteiger partial charge in [0.15, 0.2) is 16.7 Å². The van der Waals surface area contributed by atoms with Gasteiger partial charge >= 0.3 is 0 Å². The maximum absolute atomic E-state index is 12.8. The highest BCUT2D eigenvalue weighted by Crippen LogP contribution is 2.40. The molecule has 0 bridgehead atoms. The van der Waals surface area contributed by atoms with Gasteiger partial charge in [0.25, 0.3) is 0 Å². The molecule has 5 rings (SSSR count). The SMILES string of the molecule is C[C@@H](Sc1nnc(Cc2cccs2)n1C1CC1)C(=O)Nc1ccc2c(c1)OCCO2. The van der Waals surface area contributed by atoms with Crippen LogP contribution in [0, 0.1) is 0 Å². The van der Waals surface area contributed by atoms with Gasteiger partial charge in [-0.15, -0.1) is 21.5 Å². The van der Waals surface area contributed by atoms with E-state index in [1.54, 1.807) is 17.4 Å². The number of anilines is 1. The minimum absolute atomic E-state index is 0.0816. The van der Waals surface area contributed by atoms with Crippen LogP contribution in [0.5, 0.6) is 11.5 Å². The van der Waals surface area contributed by atoms with Crippen molar-refractivity contribution in [1.82, 2.24) is 14.8 Å². The molecular formula is C21H22N4O3S2. The van der Waals surface area contributed by atoms with Crippen molar-refractivity contribution < 1.29 is 14.3 Å². The second-order valence-corrected chi connectivity index (χ2v) is 9.70. The maximum Gasteiger partial charge on any atom is 0.237 e. The second-order valence-electron chi connectivity index (χ2n) is 7.36. The first-order chi connectivity index (χ1) is 14.7. The zero-order chi connectivity index (χ0) is 20.5. The summed E-state index contributed by atoms with van der Waals surface area (Å²) in [6.45, 7) is 2.95. The summed E-state index contributed by atoms with van der Waals surface area (Å²) in [5.41, 5.74) is 0.693. The minimum Gasteiger partial charge on any atom is -0.486 e. The largest absolute Gasteiger partial charge is 0.486 e. The van der Waals surface area contributed by atoms with E-state index < -0.39 is 0 Å². The van der Waals surface area contributed by atoms with Crippen molar-refractivity contribution in [3.05, 3.63) is 46.4 Å². The second kappa shape index (κ2) is 8.31. The molecular weight excluding hydrogens is 420 g/mol. The number of carbonyl (C=O) groups excluding carboxylic acids is 1. The number of thioether (sulfide) groups is 1. The van der Waals surface area contributed by atoms with Crippen LogP contribution in [0.15, 0.2) is 40.9 Å². The Morgan fingerprint density at radius 3 is 2.87 bits per heavy atom. The molecule has 30 heavy (non-hydrogen) atoms. The molecule has 2 aliphatic rings. The summed E-state index contributed by atoms with van der Waals surface area (Å²) in [4.78, 5) is 14.1. The van der Waals surface area contributed by atoms with Crippen molar-refractivity contribution in [1.29, 1.82) is 0 Å². The van der Waals surface area contributed by atoms with Gasteiger partial charge in [0.2, 0.25) is 5.91 Å². The lowest BCUT2D eigenvalue weighted by molar-refractivity contribution is -0.115. The number of rotatable bonds is 7. The molecule has 9 heteroatoms. The van der Waals surface area contributed by atoms with Gasteiger partial charge in [0.1, 0.15) is 19.0 Å². The quantitative estimate of drug-likeness (QED) is 0.554. The molecule has 2 aromatic heterocycles. The molecule has 0 saturated heterocycles. The van der Waals surface area contributed by atoms with Gasteiger partial charge in [-0.3, -0.25) is 4.79 Å². The van der Waals surface area contributed by atoms with E-state index in [0.717, 1.165) is 30.2 Å². The van der Waals surface area contributed by atoms with E-state index in [1.165, 1.54) is 16.6 Å². The summed E-state index contributed by atoms with van der Waals surface area (Å²) in [5, 5.41) is 14.4. The molecule has 0 radical (unpaired) electrons. The van der Waals surface area contributed by atoms with Crippen LogP contribution in [0.4, 0.5) is 5.69 Å². The Balaban J connectivity index is 1.27. The van der Waals surface area contributed by atoms with E-state index in [-0.39, 0.29) is 11.2 Å². The molecule has 1 N–H and O–H groups in total. The van der Waals surface area contributed by atoms with E-state index in [0.29, 0.717) is 36.4 Å². The molecule has 1 fully saturated rings. The first-order valence-electron chi connectivity index (χ1n) is 10.0. The Bertz CT molecular complexity index is 1050. The molecule has 1 amide bonds. The highest BCUT2D eigenvalue weighted by Gasteiger charge is 2.31. The van der Waals surface area contributed by atoms with E-state index in [4.69, 9.17) is 9.47 Å². The normalized spacial score (nSPS) is 16.3. The predicted octanol–water partition coefficient (Wildman–Crippen LogP) is 4.16. The standard InChI is InChI=1S/C21H22N4O3S2/c1-13(20(26)22-14-4-7-17-18(11-14)28-9-8-27-17)30-21-24-23-19(25(21)15-5-6-15)12-16-3-2-10-29-16/h2-4,7,10-11,13,15H,5-6,8-9,12H2,1H3,(H,22,26)/t13-/m1/s1. The average molecular weight is 443 g/mol. The highest BCUT2D eigenvalue weighted by atomic mass is 32.2. The Morgan fingerprint density at radius 2 is 2.10 bits per heavy atom. The molecule has 156 valence electrons. The van der Waals surface area contributed by atoms with Gasteiger partial charge in [-0.2, -0.15) is 0 Å². The van der Waals surface area contributed by atoms with Crippen LogP contribution in [0.25, 0.3) is 0 Å². The maximum atomic E-state index is 12.8. The first-order valence-corrected chi connectivity index (χ1v) is 11.8. The van der Waals surface area contributed by atoms with E-state index in [1.807, 2.05) is 19.1 Å². The van der Waals surface area contributed by atoms with Gasteiger partial charge in [-0.05, 0) is 43.3 Å². The number of aromatic nitrogens is 3. The summed E-state index contributed by atoms with van der Waals surface area (Å²) in [6, 6.07) is 10.1. The van der Waals surface area contributed by atoms with E-state index in [9.17, 15) is 4.79 Å². The van der Waals surface area contributed by atoms with E-state index in [2.05, 4.69) is 37.6 Å². The number of ether oxygens (including phenoxy) is 2. The molecule has 1 saturated carbocycles. The number of benzene rings is 1. The lowest BCUT2D eigenvalue weighted by Crippen LogP contribution is -2.23. The zero-order valence-electron chi connectivity index (χ0n) is 16.5. The number of hydrogen-bond acceptors (Lipinski definition) is 7. The number of fused-ring (bicyclic) bond motifs is 1. The van der Waals surface area contributed by atoms with Crippen molar-refractivity contribution in [2.45, 2.75) is 42.6 Å². The molecule has 1 atom stereocenters. The molecule has 1 aromatic carbocycles. The third-order valence-electron chi connectivity index (χ3n) is 5.02. The third kappa shape index (κ3) is 4.17. The highest BCUT2D eigenvalue weighted by molar-refractivity contribution is 8.00. The Hall–Kier alpha value is -2.52. The number of nitrogens with zero attached hydrogens (tertiary/aromatic N) is 3. The van der Waals surface area contributed by atoms with Crippen molar-refractivity contribution in [3.8, 4) is 11.5 Å². The molecule has 3 heterocycles. The third-order valence-corrected chi connectivity index (χ3v) is 6.95. The number of nitrogens with one attached hydrogen (secondary N) is 1. The van der Waals surface area contributed by atoms with Gasteiger partial charge in [0.05, 0.1) is 5.25 Å². The first kappa shape index (κ1) is 19.4. The summed E-state index contributed by atoms with van der Waals surface area (Å²) >= 11 is 3.18. The summed E-state index contributed by atoms with van der Waals surface area (Å²) in [6.07, 6.45) is 3.06. The molecule has 3 aromatic rings. The fourth-order valence-corrected chi connectivity index (χ4v) is 4.99. The monoisotopic (exact) mass is 442 g/mol. The summed E-state index contributed by atoms with van der Waals surface area (Å²) in [5.74, 6) is 2.26. The fourth-order valence-electron chi connectivity index (χ4n) is 3.35. The Labute approximate surface area is 182 Å². The van der Waals surface area contributed by atoms with Crippen molar-refractivity contribution in [3.63, 3.8) is 0 Å². The lowest BCUT2D eigenvalue weighted by Gasteiger charge is -2.19. The van der Waals surface area contributed by atoms with Crippen LogP contribution >= 0.6 is 23.1 Å². The van der Waals surface area contributed by atoms with Crippen molar-refractivity contribution in [2.75, 3.05) is 18.5 Å². The minimum atomic E-state index is -0.311. The number of amides is 1. The molecule has 1 aliphatic heterocycles. The zero-order valence-corrected chi connectivity index (χ0v) is 18.2.